The lowest BCUT2D eigenvalue weighted by molar-refractivity contribution is 0.0996. The molecule has 1 heterocycles. The molecule has 1 aromatic carbocycles. The molecule has 3 N–H and O–H groups in total. The molecule has 1 fully saturated rings. The Hall–Kier alpha value is -0.770. The number of rotatable bonds is 4. The second-order valence-corrected chi connectivity index (χ2v) is 5.23. The first-order valence-electron chi connectivity index (χ1n) is 6.93. The van der Waals surface area contributed by atoms with Crippen molar-refractivity contribution < 1.29 is 10.2 Å². The summed E-state index contributed by atoms with van der Waals surface area (Å²) in [5, 5.41) is 23.4. The molecule has 0 saturated carbocycles. The van der Waals surface area contributed by atoms with Gasteiger partial charge in [0.15, 0.2) is 0 Å². The molecule has 1 saturated heterocycles. The van der Waals surface area contributed by atoms with E-state index >= 15 is 0 Å². The van der Waals surface area contributed by atoms with Crippen LogP contribution in [0.5, 0.6) is 5.75 Å². The van der Waals surface area contributed by atoms with Gasteiger partial charge in [-0.3, -0.25) is 0 Å². The summed E-state index contributed by atoms with van der Waals surface area (Å²) in [5.41, 5.74) is 0.796. The van der Waals surface area contributed by atoms with Gasteiger partial charge in [-0.1, -0.05) is 31.9 Å². The number of halogens is 1. The quantitative estimate of drug-likeness (QED) is 0.796. The van der Waals surface area contributed by atoms with Crippen LogP contribution in [0.1, 0.15) is 50.7 Å². The van der Waals surface area contributed by atoms with Crippen LogP contribution in [0.25, 0.3) is 0 Å². The molecule has 0 unspecified atom stereocenters. The van der Waals surface area contributed by atoms with Gasteiger partial charge >= 0.3 is 0 Å². The monoisotopic (exact) mass is 285 g/mol. The number of phenolic OH excluding ortho intramolecular Hbond substituents is 1. The van der Waals surface area contributed by atoms with Gasteiger partial charge < -0.3 is 15.5 Å². The largest absolute Gasteiger partial charge is 0.508 e. The first-order valence-corrected chi connectivity index (χ1v) is 6.93. The molecule has 0 amide bonds. The Labute approximate surface area is 121 Å². The van der Waals surface area contributed by atoms with Gasteiger partial charge in [0.05, 0.1) is 6.10 Å². The van der Waals surface area contributed by atoms with E-state index in [0.29, 0.717) is 6.04 Å². The van der Waals surface area contributed by atoms with E-state index in [1.807, 2.05) is 6.07 Å². The highest BCUT2D eigenvalue weighted by molar-refractivity contribution is 5.85. The second kappa shape index (κ2) is 7.73. The number of aromatic hydroxyl groups is 1. The highest BCUT2D eigenvalue weighted by atomic mass is 35.5. The lowest BCUT2D eigenvalue weighted by Gasteiger charge is -2.34. The van der Waals surface area contributed by atoms with E-state index in [1.54, 1.807) is 18.2 Å². The number of hydrogen-bond acceptors (Lipinski definition) is 3. The third kappa shape index (κ3) is 4.37. The molecular formula is C15H24ClNO2. The fourth-order valence-corrected chi connectivity index (χ4v) is 2.82. The predicted molar refractivity (Wildman–Crippen MR) is 79.8 cm³/mol. The van der Waals surface area contributed by atoms with E-state index < -0.39 is 6.10 Å². The van der Waals surface area contributed by atoms with Gasteiger partial charge in [0.2, 0.25) is 0 Å². The highest BCUT2D eigenvalue weighted by Gasteiger charge is 2.27. The zero-order valence-electron chi connectivity index (χ0n) is 11.4. The third-order valence-electron chi connectivity index (χ3n) is 3.75. The fraction of sp³-hybridized carbons (Fsp3) is 0.600. The number of aliphatic hydroxyl groups is 1. The van der Waals surface area contributed by atoms with E-state index in [4.69, 9.17) is 0 Å². The van der Waals surface area contributed by atoms with Crippen LogP contribution in [0.3, 0.4) is 0 Å². The van der Waals surface area contributed by atoms with Crippen LogP contribution in [-0.2, 0) is 0 Å². The Balaban J connectivity index is 0.00000180. The number of aliphatic hydroxyl groups excluding tert-OH is 1. The molecule has 0 bridgehead atoms. The van der Waals surface area contributed by atoms with Gasteiger partial charge in [-0.15, -0.1) is 12.4 Å². The Morgan fingerprint density at radius 3 is 2.84 bits per heavy atom. The Morgan fingerprint density at radius 1 is 1.37 bits per heavy atom. The summed E-state index contributed by atoms with van der Waals surface area (Å²) in [4.78, 5) is 0. The van der Waals surface area contributed by atoms with Crippen LogP contribution in [-0.4, -0.2) is 22.3 Å². The normalized spacial score (nSPS) is 24.5. The van der Waals surface area contributed by atoms with Crippen molar-refractivity contribution in [2.45, 2.75) is 57.2 Å². The third-order valence-corrected chi connectivity index (χ3v) is 3.75. The predicted octanol–water partition coefficient (Wildman–Crippen LogP) is 3.16. The van der Waals surface area contributed by atoms with Crippen LogP contribution >= 0.6 is 12.4 Å². The van der Waals surface area contributed by atoms with Crippen molar-refractivity contribution in [3.8, 4) is 5.75 Å². The minimum atomic E-state index is -0.531. The summed E-state index contributed by atoms with van der Waals surface area (Å²) >= 11 is 0. The molecule has 1 aliphatic rings. The van der Waals surface area contributed by atoms with Gasteiger partial charge in [0, 0.05) is 12.1 Å². The van der Waals surface area contributed by atoms with Crippen LogP contribution in [0.4, 0.5) is 0 Å². The van der Waals surface area contributed by atoms with Crippen molar-refractivity contribution in [2.75, 3.05) is 0 Å². The molecule has 3 atom stereocenters. The van der Waals surface area contributed by atoms with Crippen molar-refractivity contribution >= 4 is 12.4 Å². The fourth-order valence-electron chi connectivity index (χ4n) is 2.82. The van der Waals surface area contributed by atoms with Gasteiger partial charge in [-0.05, 0) is 37.0 Å². The number of benzene rings is 1. The molecule has 19 heavy (non-hydrogen) atoms. The zero-order chi connectivity index (χ0) is 13.0. The summed E-state index contributed by atoms with van der Waals surface area (Å²) in [5.74, 6) is 0.215. The van der Waals surface area contributed by atoms with Crippen molar-refractivity contribution in [1.29, 1.82) is 0 Å². The summed E-state index contributed by atoms with van der Waals surface area (Å²) < 4.78 is 0. The number of piperidine rings is 1. The smallest absolute Gasteiger partial charge is 0.115 e. The molecule has 2 rings (SSSR count). The van der Waals surface area contributed by atoms with Gasteiger partial charge in [0.1, 0.15) is 5.75 Å². The maximum absolute atomic E-state index is 10.4. The van der Waals surface area contributed by atoms with Crippen molar-refractivity contribution in [3.05, 3.63) is 29.8 Å². The van der Waals surface area contributed by atoms with E-state index in [1.165, 1.54) is 19.3 Å². The molecule has 4 heteroatoms. The summed E-state index contributed by atoms with van der Waals surface area (Å²) in [7, 11) is 0. The van der Waals surface area contributed by atoms with Crippen molar-refractivity contribution in [1.82, 2.24) is 5.32 Å². The zero-order valence-corrected chi connectivity index (χ0v) is 12.2. The topological polar surface area (TPSA) is 52.5 Å². The first-order chi connectivity index (χ1) is 8.70. The Kier molecular flexibility index (Phi) is 6.63. The molecule has 3 nitrogen and oxygen atoms in total. The van der Waals surface area contributed by atoms with E-state index in [2.05, 4.69) is 12.2 Å². The van der Waals surface area contributed by atoms with E-state index in [-0.39, 0.29) is 24.2 Å². The van der Waals surface area contributed by atoms with Crippen LogP contribution < -0.4 is 5.32 Å². The van der Waals surface area contributed by atoms with Crippen LogP contribution in [0, 0.1) is 0 Å². The number of nitrogens with one attached hydrogen (secondary N) is 1. The molecule has 0 spiro atoms. The average molecular weight is 286 g/mol. The summed E-state index contributed by atoms with van der Waals surface area (Å²) in [6.45, 7) is 2.19. The van der Waals surface area contributed by atoms with Gasteiger partial charge in [-0.2, -0.15) is 0 Å². The SMILES string of the molecule is CCC[C@@H]1CCC[C@@H]([C@H](O)c2cccc(O)c2)N1.Cl. The van der Waals surface area contributed by atoms with E-state index in [0.717, 1.165) is 18.4 Å². The molecule has 0 aliphatic carbocycles. The molecular weight excluding hydrogens is 262 g/mol. The second-order valence-electron chi connectivity index (χ2n) is 5.23. The number of hydrogen-bond donors (Lipinski definition) is 3. The van der Waals surface area contributed by atoms with Gasteiger partial charge in [-0.25, -0.2) is 0 Å². The Bertz CT molecular complexity index is 384. The maximum atomic E-state index is 10.4. The van der Waals surface area contributed by atoms with Crippen molar-refractivity contribution in [3.63, 3.8) is 0 Å². The minimum absolute atomic E-state index is 0. The standard InChI is InChI=1S/C15H23NO2.ClH/c1-2-5-12-7-4-9-14(16-12)15(18)11-6-3-8-13(17)10-11;/h3,6,8,10,12,14-18H,2,4-5,7,9H2,1H3;1H/t12-,14+,15-;/m1./s1. The van der Waals surface area contributed by atoms with Crippen molar-refractivity contribution in [2.24, 2.45) is 0 Å². The number of phenols is 1. The molecule has 0 radical (unpaired) electrons. The van der Waals surface area contributed by atoms with Gasteiger partial charge in [0.25, 0.3) is 0 Å². The Morgan fingerprint density at radius 2 is 2.16 bits per heavy atom. The molecule has 1 aliphatic heterocycles. The molecule has 1 aromatic rings. The van der Waals surface area contributed by atoms with E-state index in [9.17, 15) is 10.2 Å². The summed E-state index contributed by atoms with van der Waals surface area (Å²) in [6, 6.07) is 7.56. The average Bonchev–Trinajstić information content (AvgIpc) is 2.39. The maximum Gasteiger partial charge on any atom is 0.115 e. The first kappa shape index (κ1) is 16.3. The highest BCUT2D eigenvalue weighted by Crippen LogP contribution is 2.27. The molecule has 108 valence electrons. The lowest BCUT2D eigenvalue weighted by Crippen LogP contribution is -2.45. The summed E-state index contributed by atoms with van der Waals surface area (Å²) in [6.07, 6.45) is 5.18. The van der Waals surface area contributed by atoms with Crippen LogP contribution in [0.15, 0.2) is 24.3 Å². The molecule has 0 aromatic heterocycles. The lowest BCUT2D eigenvalue weighted by atomic mass is 9.90. The van der Waals surface area contributed by atoms with Crippen LogP contribution in [0.2, 0.25) is 0 Å². The minimum Gasteiger partial charge on any atom is -0.508 e.